The molecule has 0 radical (unpaired) electrons. The molecule has 2 aliphatic rings. The maximum atomic E-state index is 13.0. The summed E-state index contributed by atoms with van der Waals surface area (Å²) in [7, 11) is 0. The smallest absolute Gasteiger partial charge is 0.254 e. The molecule has 1 aliphatic carbocycles. The largest absolute Gasteiger partial charge is 0.333 e. The first-order chi connectivity index (χ1) is 13.2. The van der Waals surface area contributed by atoms with E-state index in [0.29, 0.717) is 23.8 Å². The number of carbonyl (C=O) groups is 2. The number of hydrogen-bond acceptors (Lipinski definition) is 4. The van der Waals surface area contributed by atoms with Gasteiger partial charge in [0.25, 0.3) is 5.91 Å². The number of fused-ring (bicyclic) bond motifs is 2. The molecule has 27 heavy (non-hydrogen) atoms. The molecule has 0 atom stereocenters. The summed E-state index contributed by atoms with van der Waals surface area (Å²) in [5, 5.41) is 5.79. The van der Waals surface area contributed by atoms with Crippen LogP contribution in [0.25, 0.3) is 10.8 Å². The van der Waals surface area contributed by atoms with Gasteiger partial charge in [0.2, 0.25) is 5.91 Å². The monoisotopic (exact) mass is 377 g/mol. The molecule has 136 valence electrons. The van der Waals surface area contributed by atoms with Gasteiger partial charge in [-0.3, -0.25) is 9.59 Å². The Labute approximate surface area is 161 Å². The molecule has 0 unspecified atom stereocenters. The predicted molar refractivity (Wildman–Crippen MR) is 106 cm³/mol. The molecule has 1 aromatic heterocycles. The van der Waals surface area contributed by atoms with Gasteiger partial charge in [-0.25, -0.2) is 4.98 Å². The minimum atomic E-state index is 0.0448. The van der Waals surface area contributed by atoms with E-state index in [4.69, 9.17) is 0 Å². The fraction of sp³-hybridized carbons (Fsp3) is 0.286. The van der Waals surface area contributed by atoms with E-state index >= 15 is 0 Å². The van der Waals surface area contributed by atoms with Crippen LogP contribution in [0.2, 0.25) is 0 Å². The van der Waals surface area contributed by atoms with Crippen LogP contribution in [0.3, 0.4) is 0 Å². The average molecular weight is 377 g/mol. The van der Waals surface area contributed by atoms with E-state index in [-0.39, 0.29) is 17.7 Å². The number of rotatable bonds is 3. The summed E-state index contributed by atoms with van der Waals surface area (Å²) in [6.07, 6.45) is 2.68. The highest BCUT2D eigenvalue weighted by Crippen LogP contribution is 2.33. The summed E-state index contributed by atoms with van der Waals surface area (Å²) in [6.45, 7) is 1.20. The number of thiazole rings is 1. The molecule has 1 fully saturated rings. The minimum absolute atomic E-state index is 0.0448. The maximum Gasteiger partial charge on any atom is 0.254 e. The fourth-order valence-corrected chi connectivity index (χ4v) is 4.51. The second kappa shape index (κ2) is 6.46. The van der Waals surface area contributed by atoms with Gasteiger partial charge in [0.15, 0.2) is 5.13 Å². The third kappa shape index (κ3) is 3.21. The van der Waals surface area contributed by atoms with Crippen LogP contribution in [-0.2, 0) is 17.8 Å². The topological polar surface area (TPSA) is 62.3 Å². The lowest BCUT2D eigenvalue weighted by Crippen LogP contribution is -2.35. The molecule has 2 heterocycles. The van der Waals surface area contributed by atoms with Gasteiger partial charge >= 0.3 is 0 Å². The molecule has 2 aromatic carbocycles. The summed E-state index contributed by atoms with van der Waals surface area (Å²) in [4.78, 5) is 32.4. The van der Waals surface area contributed by atoms with Gasteiger partial charge in [-0.2, -0.15) is 0 Å². The van der Waals surface area contributed by atoms with Crippen LogP contribution in [0, 0.1) is 5.92 Å². The number of amides is 2. The Hall–Kier alpha value is -2.73. The van der Waals surface area contributed by atoms with Crippen LogP contribution in [0.15, 0.2) is 42.5 Å². The molecule has 5 nitrogen and oxygen atoms in total. The molecule has 6 heteroatoms. The van der Waals surface area contributed by atoms with Crippen LogP contribution in [0.4, 0.5) is 5.13 Å². The SMILES string of the molecule is O=C(Nc1nc2c(s1)CN(C(=O)c1ccc3ccccc3c1)CC2)C1CC1. The van der Waals surface area contributed by atoms with Gasteiger partial charge in [0.1, 0.15) is 0 Å². The number of benzene rings is 2. The Morgan fingerprint density at radius 1 is 1.11 bits per heavy atom. The molecule has 1 saturated carbocycles. The Morgan fingerprint density at radius 3 is 2.74 bits per heavy atom. The van der Waals surface area contributed by atoms with E-state index in [1.54, 1.807) is 0 Å². The maximum absolute atomic E-state index is 13.0. The number of aromatic nitrogens is 1. The van der Waals surface area contributed by atoms with Crippen molar-refractivity contribution in [2.75, 3.05) is 11.9 Å². The Balaban J connectivity index is 1.34. The van der Waals surface area contributed by atoms with Crippen molar-refractivity contribution in [2.45, 2.75) is 25.8 Å². The normalized spacial score (nSPS) is 16.2. The summed E-state index contributed by atoms with van der Waals surface area (Å²) in [5.74, 6) is 0.283. The van der Waals surface area contributed by atoms with Crippen LogP contribution < -0.4 is 5.32 Å². The van der Waals surface area contributed by atoms with Crippen LogP contribution in [0.5, 0.6) is 0 Å². The molecule has 0 saturated heterocycles. The van der Waals surface area contributed by atoms with Crippen molar-refractivity contribution in [3.8, 4) is 0 Å². The molecule has 0 bridgehead atoms. The lowest BCUT2D eigenvalue weighted by atomic mass is 10.1. The number of nitrogens with one attached hydrogen (secondary N) is 1. The second-order valence-corrected chi connectivity index (χ2v) is 8.27. The highest BCUT2D eigenvalue weighted by Gasteiger charge is 2.31. The van der Waals surface area contributed by atoms with Gasteiger partial charge in [-0.1, -0.05) is 41.7 Å². The van der Waals surface area contributed by atoms with Crippen molar-refractivity contribution >= 4 is 39.1 Å². The minimum Gasteiger partial charge on any atom is -0.333 e. The van der Waals surface area contributed by atoms with Gasteiger partial charge in [0.05, 0.1) is 12.2 Å². The summed E-state index contributed by atoms with van der Waals surface area (Å²) < 4.78 is 0. The van der Waals surface area contributed by atoms with Crippen molar-refractivity contribution in [2.24, 2.45) is 5.92 Å². The van der Waals surface area contributed by atoms with E-state index in [1.165, 1.54) is 11.3 Å². The fourth-order valence-electron chi connectivity index (χ4n) is 3.48. The van der Waals surface area contributed by atoms with E-state index < -0.39 is 0 Å². The number of nitrogens with zero attached hydrogens (tertiary/aromatic N) is 2. The molecule has 5 rings (SSSR count). The van der Waals surface area contributed by atoms with Crippen molar-refractivity contribution in [3.63, 3.8) is 0 Å². The van der Waals surface area contributed by atoms with Gasteiger partial charge < -0.3 is 10.2 Å². The van der Waals surface area contributed by atoms with E-state index in [0.717, 1.165) is 40.6 Å². The first kappa shape index (κ1) is 16.4. The van der Waals surface area contributed by atoms with E-state index in [9.17, 15) is 9.59 Å². The van der Waals surface area contributed by atoms with Crippen LogP contribution >= 0.6 is 11.3 Å². The van der Waals surface area contributed by atoms with Crippen LogP contribution in [0.1, 0.15) is 33.8 Å². The lowest BCUT2D eigenvalue weighted by Gasteiger charge is -2.26. The number of carbonyl (C=O) groups excluding carboxylic acids is 2. The Kier molecular flexibility index (Phi) is 3.93. The Morgan fingerprint density at radius 2 is 1.93 bits per heavy atom. The molecule has 1 aliphatic heterocycles. The van der Waals surface area contributed by atoms with Crippen molar-refractivity contribution in [1.29, 1.82) is 0 Å². The molecule has 0 spiro atoms. The standard InChI is InChI=1S/C21H19N3O2S/c25-19(14-6-7-14)23-21-22-17-9-10-24(12-18(17)27-21)20(26)16-8-5-13-3-1-2-4-15(13)11-16/h1-5,8,11,14H,6-7,9-10,12H2,(H,22,23,25). The Bertz CT molecular complexity index is 1050. The molecular weight excluding hydrogens is 358 g/mol. The molecule has 3 aromatic rings. The van der Waals surface area contributed by atoms with E-state index in [1.807, 2.05) is 47.4 Å². The van der Waals surface area contributed by atoms with Gasteiger partial charge in [0, 0.05) is 29.3 Å². The number of hydrogen-bond donors (Lipinski definition) is 1. The van der Waals surface area contributed by atoms with E-state index in [2.05, 4.69) is 10.3 Å². The first-order valence-corrected chi connectivity index (χ1v) is 10.1. The van der Waals surface area contributed by atoms with Gasteiger partial charge in [-0.05, 0) is 35.7 Å². The van der Waals surface area contributed by atoms with Crippen molar-refractivity contribution in [3.05, 3.63) is 58.6 Å². The third-order valence-corrected chi connectivity index (χ3v) is 6.19. The quantitative estimate of drug-likeness (QED) is 0.754. The van der Waals surface area contributed by atoms with Gasteiger partial charge in [-0.15, -0.1) is 0 Å². The number of anilines is 1. The predicted octanol–water partition coefficient (Wildman–Crippen LogP) is 3.84. The molecule has 2 amide bonds. The zero-order valence-electron chi connectivity index (χ0n) is 14.8. The lowest BCUT2D eigenvalue weighted by molar-refractivity contribution is -0.117. The zero-order valence-corrected chi connectivity index (χ0v) is 15.6. The highest BCUT2D eigenvalue weighted by atomic mass is 32.1. The zero-order chi connectivity index (χ0) is 18.4. The van der Waals surface area contributed by atoms with Crippen LogP contribution in [-0.4, -0.2) is 28.2 Å². The highest BCUT2D eigenvalue weighted by molar-refractivity contribution is 7.15. The molecule has 1 N–H and O–H groups in total. The summed E-state index contributed by atoms with van der Waals surface area (Å²) in [6, 6.07) is 13.9. The summed E-state index contributed by atoms with van der Waals surface area (Å²) >= 11 is 1.49. The van der Waals surface area contributed by atoms with Crippen molar-refractivity contribution < 1.29 is 9.59 Å². The second-order valence-electron chi connectivity index (χ2n) is 7.19. The first-order valence-electron chi connectivity index (χ1n) is 9.25. The summed E-state index contributed by atoms with van der Waals surface area (Å²) in [5.41, 5.74) is 1.72. The molecular formula is C21H19N3O2S. The van der Waals surface area contributed by atoms with Crippen molar-refractivity contribution in [1.82, 2.24) is 9.88 Å². The average Bonchev–Trinajstić information content (AvgIpc) is 3.47. The third-order valence-electron chi connectivity index (χ3n) is 5.19.